The van der Waals surface area contributed by atoms with E-state index in [1.54, 1.807) is 25.1 Å². The number of carbonyl (C=O) groups excluding carboxylic acids is 2. The van der Waals surface area contributed by atoms with Crippen LogP contribution in [0, 0.1) is 5.92 Å². The summed E-state index contributed by atoms with van der Waals surface area (Å²) < 4.78 is 11.8. The fourth-order valence-electron chi connectivity index (χ4n) is 6.17. The van der Waals surface area contributed by atoms with Gasteiger partial charge in [-0.3, -0.25) is 4.79 Å². The first kappa shape index (κ1) is 32.1. The van der Waals surface area contributed by atoms with Crippen molar-refractivity contribution in [2.45, 2.75) is 69.5 Å². The third-order valence-corrected chi connectivity index (χ3v) is 10.4. The second kappa shape index (κ2) is 12.7. The van der Waals surface area contributed by atoms with Crippen LogP contribution in [0.2, 0.25) is 5.02 Å². The molecular formula is C33H38ClN5O6S. The molecule has 46 heavy (non-hydrogen) atoms. The summed E-state index contributed by atoms with van der Waals surface area (Å²) in [7, 11) is 3.29. The van der Waals surface area contributed by atoms with Crippen molar-refractivity contribution in [2.24, 2.45) is 5.92 Å². The second-order valence-electron chi connectivity index (χ2n) is 12.5. The smallest absolute Gasteiger partial charge is 0.330 e. The molecule has 13 heteroatoms. The van der Waals surface area contributed by atoms with Crippen LogP contribution in [0.3, 0.4) is 0 Å². The maximum atomic E-state index is 13.7. The highest BCUT2D eigenvalue weighted by atomic mass is 35.5. The first-order valence-corrected chi connectivity index (χ1v) is 16.8. The maximum absolute atomic E-state index is 13.7. The predicted molar refractivity (Wildman–Crippen MR) is 176 cm³/mol. The third kappa shape index (κ3) is 5.88. The summed E-state index contributed by atoms with van der Waals surface area (Å²) in [6.45, 7) is 4.78. The maximum Gasteiger partial charge on any atom is 0.330 e. The van der Waals surface area contributed by atoms with Gasteiger partial charge in [0, 0.05) is 36.7 Å². The summed E-state index contributed by atoms with van der Waals surface area (Å²) in [6.07, 6.45) is 7.05. The van der Waals surface area contributed by atoms with Crippen LogP contribution in [0.4, 0.5) is 4.79 Å². The summed E-state index contributed by atoms with van der Waals surface area (Å²) in [4.78, 5) is 52.3. The lowest BCUT2D eigenvalue weighted by atomic mass is 9.92. The van der Waals surface area contributed by atoms with Crippen molar-refractivity contribution in [3.8, 4) is 22.2 Å². The number of benzene rings is 1. The first-order chi connectivity index (χ1) is 22.0. The summed E-state index contributed by atoms with van der Waals surface area (Å²) in [5, 5.41) is 16.6. The third-order valence-electron chi connectivity index (χ3n) is 9.15. The highest BCUT2D eigenvalue weighted by Gasteiger charge is 2.62. The molecule has 0 unspecified atom stereocenters. The van der Waals surface area contributed by atoms with Crippen LogP contribution < -0.4 is 14.8 Å². The summed E-state index contributed by atoms with van der Waals surface area (Å²) in [5.74, 6) is -0.368. The van der Waals surface area contributed by atoms with Crippen LogP contribution in [0.15, 0.2) is 35.7 Å². The number of methoxy groups -OCH3 is 1. The van der Waals surface area contributed by atoms with Gasteiger partial charge in [0.2, 0.25) is 5.91 Å². The Morgan fingerprint density at radius 3 is 2.76 bits per heavy atom. The molecule has 244 valence electrons. The minimum Gasteiger partial charge on any atom is -0.495 e. The van der Waals surface area contributed by atoms with Crippen LogP contribution in [-0.4, -0.2) is 87.7 Å². The molecule has 11 nitrogen and oxygen atoms in total. The molecule has 4 atom stereocenters. The number of thiazole rings is 1. The number of carboxylic acids is 1. The van der Waals surface area contributed by atoms with Crippen molar-refractivity contribution in [1.29, 1.82) is 0 Å². The van der Waals surface area contributed by atoms with E-state index in [0.717, 1.165) is 30.3 Å². The van der Waals surface area contributed by atoms with Crippen molar-refractivity contribution in [3.63, 3.8) is 0 Å². The molecule has 2 aromatic heterocycles. The van der Waals surface area contributed by atoms with Crippen molar-refractivity contribution in [2.75, 3.05) is 27.3 Å². The summed E-state index contributed by atoms with van der Waals surface area (Å²) in [6, 6.07) is 3.68. The number of fused-ring (bicyclic) bond motifs is 3. The zero-order valence-electron chi connectivity index (χ0n) is 26.3. The van der Waals surface area contributed by atoms with E-state index in [1.807, 2.05) is 29.7 Å². The Kier molecular flexibility index (Phi) is 8.86. The molecule has 3 amide bonds. The molecule has 3 aliphatic rings. The van der Waals surface area contributed by atoms with Gasteiger partial charge in [-0.2, -0.15) is 0 Å². The van der Waals surface area contributed by atoms with E-state index in [0.29, 0.717) is 52.1 Å². The van der Waals surface area contributed by atoms with Gasteiger partial charge in [0.05, 0.1) is 24.4 Å². The van der Waals surface area contributed by atoms with Gasteiger partial charge in [-0.15, -0.1) is 11.3 Å². The highest BCUT2D eigenvalue weighted by molar-refractivity contribution is 7.13. The molecule has 1 saturated carbocycles. The number of amides is 3. The van der Waals surface area contributed by atoms with E-state index in [2.05, 4.69) is 19.2 Å². The lowest BCUT2D eigenvalue weighted by molar-refractivity contribution is -0.142. The van der Waals surface area contributed by atoms with Gasteiger partial charge in [-0.25, -0.2) is 19.6 Å². The zero-order chi connectivity index (χ0) is 32.7. The number of nitrogens with zero attached hydrogens (tertiary/aromatic N) is 4. The summed E-state index contributed by atoms with van der Waals surface area (Å²) in [5.41, 5.74) is 0.599. The molecule has 1 saturated heterocycles. The molecule has 4 heterocycles. The fourth-order valence-corrected chi connectivity index (χ4v) is 7.43. The molecule has 2 N–H and O–H groups in total. The molecule has 2 aliphatic heterocycles. The number of aromatic nitrogens is 2. The minimum atomic E-state index is -1.38. The summed E-state index contributed by atoms with van der Waals surface area (Å²) >= 11 is 8.10. The van der Waals surface area contributed by atoms with Gasteiger partial charge >= 0.3 is 12.0 Å². The van der Waals surface area contributed by atoms with Crippen LogP contribution in [-0.2, 0) is 9.59 Å². The van der Waals surface area contributed by atoms with E-state index < -0.39 is 29.6 Å². The number of nitrogens with one attached hydrogen (secondary N) is 1. The van der Waals surface area contributed by atoms with Crippen molar-refractivity contribution in [3.05, 3.63) is 46.4 Å². The van der Waals surface area contributed by atoms with Gasteiger partial charge in [0.25, 0.3) is 0 Å². The number of hydrogen-bond acceptors (Lipinski definition) is 8. The van der Waals surface area contributed by atoms with Gasteiger partial charge < -0.3 is 29.7 Å². The van der Waals surface area contributed by atoms with Crippen LogP contribution >= 0.6 is 22.9 Å². The monoisotopic (exact) mass is 667 g/mol. The highest BCUT2D eigenvalue weighted by Crippen LogP contribution is 2.46. The Hall–Kier alpha value is -3.90. The molecule has 0 radical (unpaired) electrons. The first-order valence-electron chi connectivity index (χ1n) is 15.6. The minimum absolute atomic E-state index is 0.0663. The Balaban J connectivity index is 1.30. The number of likely N-dealkylation sites (N-methyl/N-ethyl adjacent to an activating group) is 1. The van der Waals surface area contributed by atoms with E-state index in [9.17, 15) is 19.5 Å². The Morgan fingerprint density at radius 1 is 1.24 bits per heavy atom. The predicted octanol–water partition coefficient (Wildman–Crippen LogP) is 5.72. The number of pyridine rings is 1. The molecule has 2 fully saturated rings. The van der Waals surface area contributed by atoms with Gasteiger partial charge in [-0.1, -0.05) is 37.6 Å². The average Bonchev–Trinajstić information content (AvgIpc) is 3.47. The topological polar surface area (TPSA) is 134 Å². The van der Waals surface area contributed by atoms with Crippen molar-refractivity contribution in [1.82, 2.24) is 25.1 Å². The number of carbonyl (C=O) groups is 3. The number of aliphatic carboxylic acids is 1. The van der Waals surface area contributed by atoms with E-state index in [4.69, 9.17) is 31.0 Å². The van der Waals surface area contributed by atoms with Crippen molar-refractivity contribution >= 4 is 51.7 Å². The molecular weight excluding hydrogens is 630 g/mol. The SMILES string of the molecule is COc1ccc2cc(OC[C@@H]3C[C@H]4C(=O)N(C)CCCC/C=C/[C@@H]5C[C@@]5(C(=O)O)NC(=O)N34)c(-c3nc(C(C)C)cs3)nc2c1Cl. The quantitative estimate of drug-likeness (QED) is 0.306. The average molecular weight is 668 g/mol. The van der Waals surface area contributed by atoms with E-state index in [-0.39, 0.29) is 24.3 Å². The Bertz CT molecular complexity index is 1710. The van der Waals surface area contributed by atoms with Crippen LogP contribution in [0.1, 0.15) is 57.6 Å². The van der Waals surface area contributed by atoms with E-state index in [1.165, 1.54) is 16.2 Å². The number of allylic oxidation sites excluding steroid dienone is 1. The molecule has 0 bridgehead atoms. The molecule has 1 aliphatic carbocycles. The van der Waals surface area contributed by atoms with Gasteiger partial charge in [0.15, 0.2) is 0 Å². The van der Waals surface area contributed by atoms with Crippen LogP contribution in [0.25, 0.3) is 21.6 Å². The van der Waals surface area contributed by atoms with Crippen LogP contribution in [0.5, 0.6) is 11.5 Å². The van der Waals surface area contributed by atoms with Gasteiger partial charge in [0.1, 0.15) is 45.4 Å². The molecule has 0 spiro atoms. The molecule has 6 rings (SSSR count). The number of urea groups is 1. The number of hydrogen-bond donors (Lipinski definition) is 2. The number of carboxylic acid groups (broad SMARTS) is 1. The lowest BCUT2D eigenvalue weighted by Crippen LogP contribution is -2.69. The number of rotatable bonds is 7. The fraction of sp³-hybridized carbons (Fsp3) is 0.485. The number of halogens is 1. The standard InChI is InChI=1S/C33H38ClN5O6S/c1-18(2)22-17-46-29(35-22)28-25(13-19-10-11-24(44-4)26(34)27(19)36-28)45-16-21-14-23-30(40)38(3)12-8-6-5-7-9-20-15-33(20,31(41)42)37-32(43)39(21)23/h7,9-11,13,17-18,20-21,23H,5-6,8,12,14-16H2,1-4H3,(H,37,43)(H,41,42)/b9-7+/t20-,21+,23+,33-/m1/s1. The Labute approximate surface area is 276 Å². The van der Waals surface area contributed by atoms with E-state index >= 15 is 0 Å². The molecule has 1 aromatic carbocycles. The molecule has 3 aromatic rings. The van der Waals surface area contributed by atoms with Gasteiger partial charge in [-0.05, 0) is 49.8 Å². The van der Waals surface area contributed by atoms with Crippen molar-refractivity contribution < 1.29 is 29.0 Å². The number of ether oxygens (including phenoxy) is 2. The second-order valence-corrected chi connectivity index (χ2v) is 13.8. The lowest BCUT2D eigenvalue weighted by Gasteiger charge is -2.48. The normalized spacial score (nSPS) is 25.7. The Morgan fingerprint density at radius 2 is 2.04 bits per heavy atom. The zero-order valence-corrected chi connectivity index (χ0v) is 27.9. The largest absolute Gasteiger partial charge is 0.495 e.